The lowest BCUT2D eigenvalue weighted by Crippen LogP contribution is -2.61. The van der Waals surface area contributed by atoms with E-state index in [1.54, 1.807) is 0 Å². The predicted octanol–water partition coefficient (Wildman–Crippen LogP) is 3.35. The monoisotopic (exact) mass is 379 g/mol. The second kappa shape index (κ2) is 7.51. The fourth-order valence-corrected chi connectivity index (χ4v) is 5.17. The summed E-state index contributed by atoms with van der Waals surface area (Å²) in [5.41, 5.74) is 3.37. The fraction of sp³-hybridized carbons (Fsp3) is 0.500. The Balaban J connectivity index is 1.25. The molecule has 0 amide bonds. The lowest BCUT2D eigenvalue weighted by molar-refractivity contribution is -0.148. The van der Waals surface area contributed by atoms with Crippen LogP contribution in [0.15, 0.2) is 48.5 Å². The molecule has 0 spiro atoms. The largest absolute Gasteiger partial charge is 0.493 e. The van der Waals surface area contributed by atoms with Gasteiger partial charge in [-0.1, -0.05) is 42.5 Å². The molecule has 2 bridgehead atoms. The minimum Gasteiger partial charge on any atom is -0.493 e. The third-order valence-electron chi connectivity index (χ3n) is 6.63. The van der Waals surface area contributed by atoms with Crippen molar-refractivity contribution in [1.29, 1.82) is 0 Å². The number of benzene rings is 2. The van der Waals surface area contributed by atoms with Crippen molar-refractivity contribution in [3.63, 3.8) is 0 Å². The van der Waals surface area contributed by atoms with Gasteiger partial charge in [-0.3, -0.25) is 4.90 Å². The summed E-state index contributed by atoms with van der Waals surface area (Å²) in [6.07, 6.45) is 4.33. The second-order valence-corrected chi connectivity index (χ2v) is 8.68. The molecule has 1 N–H and O–H groups in total. The third-order valence-corrected chi connectivity index (χ3v) is 6.63. The standard InChI is InChI=1S/C24H29NO3/c26-24(10-8-18-6-7-23-20(12-18)9-11-28-23)13-21-16-27-17-22(14-24)25(21)15-19-4-2-1-3-5-19/h1-7,12,21-22,26H,8-11,13-17H2. The molecule has 2 unspecified atom stereocenters. The molecule has 28 heavy (non-hydrogen) atoms. The van der Waals surface area contributed by atoms with Gasteiger partial charge in [0.15, 0.2) is 0 Å². The van der Waals surface area contributed by atoms with E-state index in [1.165, 1.54) is 16.7 Å². The maximum atomic E-state index is 11.4. The molecule has 2 aromatic carbocycles. The van der Waals surface area contributed by atoms with E-state index in [0.29, 0.717) is 12.1 Å². The molecule has 5 rings (SSSR count). The van der Waals surface area contributed by atoms with Crippen LogP contribution in [-0.4, -0.2) is 47.5 Å². The van der Waals surface area contributed by atoms with Crippen molar-refractivity contribution in [1.82, 2.24) is 4.90 Å². The summed E-state index contributed by atoms with van der Waals surface area (Å²) in [6.45, 7) is 3.19. The number of hydrogen-bond donors (Lipinski definition) is 1. The van der Waals surface area contributed by atoms with E-state index in [9.17, 15) is 5.11 Å². The number of fused-ring (bicyclic) bond motifs is 3. The van der Waals surface area contributed by atoms with Crippen LogP contribution in [0.4, 0.5) is 0 Å². The smallest absolute Gasteiger partial charge is 0.122 e. The number of piperidine rings is 1. The van der Waals surface area contributed by atoms with Crippen molar-refractivity contribution in [2.75, 3.05) is 19.8 Å². The second-order valence-electron chi connectivity index (χ2n) is 8.68. The SMILES string of the molecule is OC1(CCc2ccc3c(c2)CCO3)CC2COCC(C1)N2Cc1ccccc1. The summed E-state index contributed by atoms with van der Waals surface area (Å²) < 4.78 is 11.5. The van der Waals surface area contributed by atoms with Crippen LogP contribution in [0.5, 0.6) is 5.75 Å². The minimum absolute atomic E-state index is 0.297. The molecule has 3 aliphatic heterocycles. The Bertz CT molecular complexity index is 808. The first kappa shape index (κ1) is 18.2. The van der Waals surface area contributed by atoms with E-state index in [-0.39, 0.29) is 0 Å². The van der Waals surface area contributed by atoms with Crippen LogP contribution in [0.2, 0.25) is 0 Å². The molecule has 2 aromatic rings. The lowest BCUT2D eigenvalue weighted by atomic mass is 9.77. The Labute approximate surface area is 167 Å². The first-order chi connectivity index (χ1) is 13.7. The highest BCUT2D eigenvalue weighted by Crippen LogP contribution is 2.38. The number of morpholine rings is 1. The zero-order valence-electron chi connectivity index (χ0n) is 16.3. The van der Waals surface area contributed by atoms with Gasteiger partial charge in [-0.25, -0.2) is 0 Å². The average molecular weight is 380 g/mol. The zero-order chi connectivity index (χ0) is 19.0. The minimum atomic E-state index is -0.595. The van der Waals surface area contributed by atoms with E-state index in [0.717, 1.165) is 64.2 Å². The quantitative estimate of drug-likeness (QED) is 0.865. The Morgan fingerprint density at radius 3 is 2.57 bits per heavy atom. The number of rotatable bonds is 5. The Hall–Kier alpha value is -1.88. The van der Waals surface area contributed by atoms with Gasteiger partial charge in [0.2, 0.25) is 0 Å². The fourth-order valence-electron chi connectivity index (χ4n) is 5.17. The van der Waals surface area contributed by atoms with Gasteiger partial charge in [-0.2, -0.15) is 0 Å². The van der Waals surface area contributed by atoms with E-state index >= 15 is 0 Å². The van der Waals surface area contributed by atoms with Crippen LogP contribution >= 0.6 is 0 Å². The summed E-state index contributed by atoms with van der Waals surface area (Å²) in [5.74, 6) is 1.03. The first-order valence-electron chi connectivity index (χ1n) is 10.5. The van der Waals surface area contributed by atoms with E-state index in [4.69, 9.17) is 9.47 Å². The number of hydrogen-bond acceptors (Lipinski definition) is 4. The molecule has 0 aliphatic carbocycles. The summed E-state index contributed by atoms with van der Waals surface area (Å²) in [7, 11) is 0. The number of aliphatic hydroxyl groups is 1. The summed E-state index contributed by atoms with van der Waals surface area (Å²) in [5, 5.41) is 11.4. The molecule has 3 heterocycles. The maximum Gasteiger partial charge on any atom is 0.122 e. The molecule has 4 heteroatoms. The van der Waals surface area contributed by atoms with Crippen LogP contribution in [0.3, 0.4) is 0 Å². The van der Waals surface area contributed by atoms with Crippen LogP contribution in [0, 0.1) is 0 Å². The van der Waals surface area contributed by atoms with Crippen LogP contribution < -0.4 is 4.74 Å². The van der Waals surface area contributed by atoms with Crippen molar-refractivity contribution in [3.8, 4) is 5.75 Å². The Morgan fingerprint density at radius 1 is 1.00 bits per heavy atom. The Kier molecular flexibility index (Phi) is 4.87. The van der Waals surface area contributed by atoms with Crippen LogP contribution in [0.1, 0.15) is 36.0 Å². The maximum absolute atomic E-state index is 11.4. The Morgan fingerprint density at radius 2 is 1.79 bits per heavy atom. The van der Waals surface area contributed by atoms with Gasteiger partial charge in [0.25, 0.3) is 0 Å². The topological polar surface area (TPSA) is 41.9 Å². The van der Waals surface area contributed by atoms with Crippen LogP contribution in [-0.2, 0) is 24.1 Å². The average Bonchev–Trinajstić information content (AvgIpc) is 3.16. The highest BCUT2D eigenvalue weighted by atomic mass is 16.5. The summed E-state index contributed by atoms with van der Waals surface area (Å²) in [4.78, 5) is 2.56. The van der Waals surface area contributed by atoms with Gasteiger partial charge in [0.05, 0.1) is 25.4 Å². The molecule has 4 nitrogen and oxygen atoms in total. The van der Waals surface area contributed by atoms with Crippen molar-refractivity contribution >= 4 is 0 Å². The van der Waals surface area contributed by atoms with Gasteiger partial charge in [-0.05, 0) is 48.4 Å². The van der Waals surface area contributed by atoms with Crippen molar-refractivity contribution in [2.45, 2.75) is 56.3 Å². The van der Waals surface area contributed by atoms with Gasteiger partial charge >= 0.3 is 0 Å². The molecule has 148 valence electrons. The van der Waals surface area contributed by atoms with Gasteiger partial charge in [-0.15, -0.1) is 0 Å². The molecular weight excluding hydrogens is 350 g/mol. The molecule has 0 radical (unpaired) electrons. The van der Waals surface area contributed by atoms with Crippen molar-refractivity contribution in [2.24, 2.45) is 0 Å². The van der Waals surface area contributed by atoms with Crippen molar-refractivity contribution in [3.05, 3.63) is 65.2 Å². The zero-order valence-corrected chi connectivity index (χ0v) is 16.3. The molecule has 2 saturated heterocycles. The van der Waals surface area contributed by atoms with Crippen molar-refractivity contribution < 1.29 is 14.6 Å². The molecule has 3 aliphatic rings. The number of aryl methyl sites for hydroxylation is 1. The lowest BCUT2D eigenvalue weighted by Gasteiger charge is -2.52. The van der Waals surface area contributed by atoms with E-state index < -0.39 is 5.60 Å². The third kappa shape index (κ3) is 3.69. The summed E-state index contributed by atoms with van der Waals surface area (Å²) in [6, 6.07) is 17.7. The molecule has 0 aromatic heterocycles. The summed E-state index contributed by atoms with van der Waals surface area (Å²) >= 11 is 0. The van der Waals surface area contributed by atoms with Gasteiger partial charge in [0.1, 0.15) is 5.75 Å². The molecular formula is C24H29NO3. The van der Waals surface area contributed by atoms with Crippen LogP contribution in [0.25, 0.3) is 0 Å². The normalized spacial score (nSPS) is 29.3. The van der Waals surface area contributed by atoms with Gasteiger partial charge < -0.3 is 14.6 Å². The van der Waals surface area contributed by atoms with E-state index in [1.807, 2.05) is 0 Å². The molecule has 2 fully saturated rings. The molecule has 0 saturated carbocycles. The number of nitrogens with zero attached hydrogens (tertiary/aromatic N) is 1. The highest BCUT2D eigenvalue weighted by molar-refractivity contribution is 5.39. The molecule has 2 atom stereocenters. The predicted molar refractivity (Wildman–Crippen MR) is 109 cm³/mol. The highest BCUT2D eigenvalue weighted by Gasteiger charge is 2.45. The number of ether oxygens (including phenoxy) is 2. The van der Waals surface area contributed by atoms with Gasteiger partial charge in [0, 0.05) is 25.0 Å². The first-order valence-corrected chi connectivity index (χ1v) is 10.5. The van der Waals surface area contributed by atoms with E-state index in [2.05, 4.69) is 53.4 Å².